The van der Waals surface area contributed by atoms with Crippen LogP contribution in [0.2, 0.25) is 0 Å². The van der Waals surface area contributed by atoms with Gasteiger partial charge in [0, 0.05) is 17.7 Å². The molecule has 1 rings (SSSR count). The van der Waals surface area contributed by atoms with Crippen molar-refractivity contribution in [3.63, 3.8) is 0 Å². The van der Waals surface area contributed by atoms with E-state index in [1.807, 2.05) is 0 Å². The standard InChI is InChI=1S/C9H7F2N3O/c10-9(11)6-1-5(2-12)14-8(3-13)7(6)4-15/h1,4,9H,3,13H2. The highest BCUT2D eigenvalue weighted by Gasteiger charge is 2.18. The number of aldehydes is 1. The van der Waals surface area contributed by atoms with Crippen molar-refractivity contribution < 1.29 is 13.6 Å². The zero-order chi connectivity index (χ0) is 11.4. The first-order chi connectivity index (χ1) is 7.13. The van der Waals surface area contributed by atoms with E-state index in [2.05, 4.69) is 4.98 Å². The summed E-state index contributed by atoms with van der Waals surface area (Å²) in [5.41, 5.74) is 4.35. The van der Waals surface area contributed by atoms with E-state index in [0.717, 1.165) is 6.07 Å². The van der Waals surface area contributed by atoms with Crippen LogP contribution in [0.5, 0.6) is 0 Å². The summed E-state index contributed by atoms with van der Waals surface area (Å²) in [4.78, 5) is 14.3. The third-order valence-electron chi connectivity index (χ3n) is 1.83. The third-order valence-corrected chi connectivity index (χ3v) is 1.83. The second-order valence-corrected chi connectivity index (χ2v) is 2.69. The van der Waals surface area contributed by atoms with Gasteiger partial charge in [-0.2, -0.15) is 5.26 Å². The summed E-state index contributed by atoms with van der Waals surface area (Å²) in [7, 11) is 0. The van der Waals surface area contributed by atoms with Crippen LogP contribution in [0.3, 0.4) is 0 Å². The first-order valence-electron chi connectivity index (χ1n) is 4.01. The smallest absolute Gasteiger partial charge is 0.264 e. The molecule has 0 radical (unpaired) electrons. The number of nitriles is 1. The van der Waals surface area contributed by atoms with Crippen LogP contribution in [-0.4, -0.2) is 11.3 Å². The molecule has 1 aromatic heterocycles. The predicted octanol–water partition coefficient (Wildman–Crippen LogP) is 1.16. The molecule has 0 aromatic carbocycles. The highest BCUT2D eigenvalue weighted by Crippen LogP contribution is 2.24. The molecule has 0 atom stereocenters. The van der Waals surface area contributed by atoms with Gasteiger partial charge in [0.1, 0.15) is 11.8 Å². The molecule has 1 aromatic rings. The van der Waals surface area contributed by atoms with Crippen LogP contribution in [0.4, 0.5) is 8.78 Å². The van der Waals surface area contributed by atoms with Crippen molar-refractivity contribution in [2.75, 3.05) is 0 Å². The second-order valence-electron chi connectivity index (χ2n) is 2.69. The van der Waals surface area contributed by atoms with Crippen molar-refractivity contribution in [2.45, 2.75) is 13.0 Å². The molecule has 0 unspecified atom stereocenters. The van der Waals surface area contributed by atoms with Gasteiger partial charge in [-0.1, -0.05) is 0 Å². The molecule has 0 bridgehead atoms. The number of alkyl halides is 2. The molecule has 0 amide bonds. The number of halogens is 2. The zero-order valence-corrected chi connectivity index (χ0v) is 7.58. The maximum atomic E-state index is 12.5. The minimum atomic E-state index is -2.83. The molecule has 6 heteroatoms. The zero-order valence-electron chi connectivity index (χ0n) is 7.58. The number of carbonyl (C=O) groups is 1. The maximum Gasteiger partial charge on any atom is 0.264 e. The molecule has 15 heavy (non-hydrogen) atoms. The van der Waals surface area contributed by atoms with Crippen LogP contribution in [0, 0.1) is 11.3 Å². The second kappa shape index (κ2) is 4.57. The predicted molar refractivity (Wildman–Crippen MR) is 47.2 cm³/mol. The van der Waals surface area contributed by atoms with Gasteiger partial charge in [-0.3, -0.25) is 4.79 Å². The van der Waals surface area contributed by atoms with Gasteiger partial charge >= 0.3 is 0 Å². The van der Waals surface area contributed by atoms with Crippen LogP contribution >= 0.6 is 0 Å². The fourth-order valence-electron chi connectivity index (χ4n) is 1.16. The summed E-state index contributed by atoms with van der Waals surface area (Å²) in [5.74, 6) is 0. The first kappa shape index (κ1) is 11.2. The molecule has 1 heterocycles. The van der Waals surface area contributed by atoms with Gasteiger partial charge in [-0.15, -0.1) is 0 Å². The van der Waals surface area contributed by atoms with Gasteiger partial charge in [-0.05, 0) is 6.07 Å². The number of aromatic nitrogens is 1. The molecular formula is C9H7F2N3O. The minimum absolute atomic E-state index is 0.0133. The van der Waals surface area contributed by atoms with Crippen molar-refractivity contribution in [3.05, 3.63) is 28.6 Å². The molecule has 2 N–H and O–H groups in total. The van der Waals surface area contributed by atoms with Gasteiger partial charge in [-0.25, -0.2) is 13.8 Å². The fourth-order valence-corrected chi connectivity index (χ4v) is 1.16. The normalized spacial score (nSPS) is 10.1. The number of hydrogen-bond donors (Lipinski definition) is 1. The van der Waals surface area contributed by atoms with Crippen molar-refractivity contribution in [1.29, 1.82) is 5.26 Å². The molecule has 0 fully saturated rings. The fraction of sp³-hybridized carbons (Fsp3) is 0.222. The summed E-state index contributed by atoms with van der Waals surface area (Å²) in [5, 5.41) is 8.54. The van der Waals surface area contributed by atoms with Gasteiger partial charge in [0.15, 0.2) is 6.29 Å². The van der Waals surface area contributed by atoms with Gasteiger partial charge in [0.25, 0.3) is 6.43 Å². The van der Waals surface area contributed by atoms with E-state index in [1.54, 1.807) is 6.07 Å². The van der Waals surface area contributed by atoms with Crippen LogP contribution in [0.25, 0.3) is 0 Å². The molecule has 78 valence electrons. The summed E-state index contributed by atoms with van der Waals surface area (Å²) in [6.45, 7) is -0.163. The molecule has 0 aliphatic heterocycles. The highest BCUT2D eigenvalue weighted by atomic mass is 19.3. The average molecular weight is 211 g/mol. The Labute approximate surface area is 84.3 Å². The number of nitrogens with zero attached hydrogens (tertiary/aromatic N) is 2. The average Bonchev–Trinajstić information content (AvgIpc) is 2.26. The largest absolute Gasteiger partial charge is 0.325 e. The molecule has 0 aliphatic rings. The lowest BCUT2D eigenvalue weighted by atomic mass is 10.1. The Morgan fingerprint density at radius 1 is 1.67 bits per heavy atom. The highest BCUT2D eigenvalue weighted by molar-refractivity contribution is 5.79. The van der Waals surface area contributed by atoms with E-state index in [-0.39, 0.29) is 29.8 Å². The van der Waals surface area contributed by atoms with Crippen LogP contribution in [-0.2, 0) is 6.54 Å². The number of pyridine rings is 1. The van der Waals surface area contributed by atoms with Crippen molar-refractivity contribution in [1.82, 2.24) is 4.98 Å². The quantitative estimate of drug-likeness (QED) is 0.761. The molecule has 0 spiro atoms. The van der Waals surface area contributed by atoms with E-state index in [1.165, 1.54) is 0 Å². The lowest BCUT2D eigenvalue weighted by Crippen LogP contribution is -2.09. The number of hydrogen-bond acceptors (Lipinski definition) is 4. The van der Waals surface area contributed by atoms with E-state index < -0.39 is 12.0 Å². The first-order valence-corrected chi connectivity index (χ1v) is 4.01. The van der Waals surface area contributed by atoms with E-state index in [0.29, 0.717) is 0 Å². The minimum Gasteiger partial charge on any atom is -0.325 e. The summed E-state index contributed by atoms with van der Waals surface area (Å²) in [6.07, 6.45) is -2.55. The Morgan fingerprint density at radius 2 is 2.33 bits per heavy atom. The SMILES string of the molecule is N#Cc1cc(C(F)F)c(C=O)c(CN)n1. The topological polar surface area (TPSA) is 79.8 Å². The van der Waals surface area contributed by atoms with E-state index in [9.17, 15) is 13.6 Å². The Hall–Kier alpha value is -1.87. The summed E-state index contributed by atoms with van der Waals surface area (Å²) >= 11 is 0. The monoisotopic (exact) mass is 211 g/mol. The van der Waals surface area contributed by atoms with E-state index >= 15 is 0 Å². The van der Waals surface area contributed by atoms with E-state index in [4.69, 9.17) is 11.0 Å². The number of nitrogens with two attached hydrogens (primary N) is 1. The van der Waals surface area contributed by atoms with Gasteiger partial charge in [0.2, 0.25) is 0 Å². The lowest BCUT2D eigenvalue weighted by molar-refractivity contribution is 0.110. The number of rotatable bonds is 3. The molecule has 0 saturated carbocycles. The lowest BCUT2D eigenvalue weighted by Gasteiger charge is -2.07. The van der Waals surface area contributed by atoms with Crippen molar-refractivity contribution in [3.8, 4) is 6.07 Å². The molecule has 0 saturated heterocycles. The van der Waals surface area contributed by atoms with Crippen LogP contribution in [0.1, 0.15) is 33.7 Å². The van der Waals surface area contributed by atoms with Crippen LogP contribution < -0.4 is 5.73 Å². The Bertz CT molecular complexity index is 426. The van der Waals surface area contributed by atoms with Crippen LogP contribution in [0.15, 0.2) is 6.07 Å². The van der Waals surface area contributed by atoms with Gasteiger partial charge < -0.3 is 5.73 Å². The molecule has 4 nitrogen and oxygen atoms in total. The van der Waals surface area contributed by atoms with Crippen molar-refractivity contribution in [2.24, 2.45) is 5.73 Å². The molecule has 0 aliphatic carbocycles. The summed E-state index contributed by atoms with van der Waals surface area (Å²) in [6, 6.07) is 2.53. The Morgan fingerprint density at radius 3 is 2.73 bits per heavy atom. The summed E-state index contributed by atoms with van der Waals surface area (Å²) < 4.78 is 25.0. The molecular weight excluding hydrogens is 204 g/mol. The Balaban J connectivity index is 3.47. The van der Waals surface area contributed by atoms with Gasteiger partial charge in [0.05, 0.1) is 5.69 Å². The Kier molecular flexibility index (Phi) is 3.42. The maximum absolute atomic E-state index is 12.5. The third kappa shape index (κ3) is 2.14. The number of carbonyl (C=O) groups excluding carboxylic acids is 1. The van der Waals surface area contributed by atoms with Crippen molar-refractivity contribution >= 4 is 6.29 Å².